The monoisotopic (exact) mass is 285 g/mol. The van der Waals surface area contributed by atoms with E-state index in [1.165, 1.54) is 5.75 Å². The number of thioether (sulfide) groups is 1. The smallest absolute Gasteiger partial charge is 0.172 e. The van der Waals surface area contributed by atoms with E-state index in [1.807, 2.05) is 24.9 Å². The highest BCUT2D eigenvalue weighted by atomic mass is 35.5. The molecule has 1 aromatic rings. The van der Waals surface area contributed by atoms with Crippen LogP contribution in [-0.4, -0.2) is 35.6 Å². The fraction of sp³-hybridized carbons (Fsp3) is 0.417. The van der Waals surface area contributed by atoms with Crippen LogP contribution in [-0.2, 0) is 0 Å². The highest BCUT2D eigenvalue weighted by Crippen LogP contribution is 2.30. The molecule has 1 atom stereocenters. The number of oxime groups is 1. The average Bonchev–Trinajstić information content (AvgIpc) is 2.90. The molecule has 1 aromatic carbocycles. The van der Waals surface area contributed by atoms with Crippen molar-refractivity contribution in [2.24, 2.45) is 10.9 Å². The number of nitrogens with two attached hydrogens (primary N) is 1. The molecule has 0 aromatic heterocycles. The number of amidine groups is 1. The number of anilines is 1. The first-order valence-corrected chi connectivity index (χ1v) is 7.24. The van der Waals surface area contributed by atoms with Crippen LogP contribution in [0.1, 0.15) is 12.0 Å². The normalized spacial score (nSPS) is 20.1. The maximum Gasteiger partial charge on any atom is 0.172 e. The Labute approximate surface area is 116 Å². The number of nitrogens with zero attached hydrogens (tertiary/aromatic N) is 2. The Morgan fingerprint density at radius 3 is 3.00 bits per heavy atom. The van der Waals surface area contributed by atoms with Crippen LogP contribution in [0.4, 0.5) is 5.69 Å². The van der Waals surface area contributed by atoms with Gasteiger partial charge in [0.25, 0.3) is 0 Å². The van der Waals surface area contributed by atoms with Gasteiger partial charge >= 0.3 is 0 Å². The van der Waals surface area contributed by atoms with E-state index in [9.17, 15) is 0 Å². The zero-order valence-corrected chi connectivity index (χ0v) is 11.7. The van der Waals surface area contributed by atoms with Crippen LogP contribution in [0.3, 0.4) is 0 Å². The van der Waals surface area contributed by atoms with Gasteiger partial charge < -0.3 is 15.8 Å². The van der Waals surface area contributed by atoms with Gasteiger partial charge in [-0.15, -0.1) is 0 Å². The minimum absolute atomic E-state index is 0.110. The molecule has 1 heterocycles. The predicted octanol–water partition coefficient (Wildman–Crippen LogP) is 2.38. The van der Waals surface area contributed by atoms with Crippen molar-refractivity contribution in [1.29, 1.82) is 0 Å². The van der Waals surface area contributed by atoms with Crippen molar-refractivity contribution < 1.29 is 5.21 Å². The van der Waals surface area contributed by atoms with Crippen LogP contribution in [0.15, 0.2) is 23.4 Å². The lowest BCUT2D eigenvalue weighted by atomic mass is 10.1. The number of benzene rings is 1. The lowest BCUT2D eigenvalue weighted by Gasteiger charge is -2.28. The summed E-state index contributed by atoms with van der Waals surface area (Å²) in [7, 11) is 2.02. The fourth-order valence-corrected chi connectivity index (χ4v) is 3.53. The summed E-state index contributed by atoms with van der Waals surface area (Å²) in [4.78, 5) is 2.17. The second-order valence-corrected chi connectivity index (χ2v) is 5.86. The van der Waals surface area contributed by atoms with E-state index in [0.717, 1.165) is 17.9 Å². The third-order valence-corrected chi connectivity index (χ3v) is 4.56. The molecule has 18 heavy (non-hydrogen) atoms. The molecule has 1 aliphatic heterocycles. The Morgan fingerprint density at radius 2 is 2.39 bits per heavy atom. The average molecular weight is 286 g/mol. The molecule has 0 radical (unpaired) electrons. The van der Waals surface area contributed by atoms with E-state index in [0.29, 0.717) is 16.6 Å². The van der Waals surface area contributed by atoms with Crippen molar-refractivity contribution in [1.82, 2.24) is 0 Å². The topological polar surface area (TPSA) is 61.8 Å². The van der Waals surface area contributed by atoms with Crippen molar-refractivity contribution in [2.75, 3.05) is 23.5 Å². The Hall–Kier alpha value is -1.07. The maximum atomic E-state index is 8.84. The number of rotatable bonds is 3. The first kappa shape index (κ1) is 13.4. The van der Waals surface area contributed by atoms with E-state index in [4.69, 9.17) is 22.5 Å². The van der Waals surface area contributed by atoms with Crippen LogP contribution in [0.25, 0.3) is 0 Å². The van der Waals surface area contributed by atoms with Gasteiger partial charge in [0.2, 0.25) is 0 Å². The zero-order chi connectivity index (χ0) is 13.1. The Kier molecular flexibility index (Phi) is 4.24. The molecule has 1 fully saturated rings. The SMILES string of the molecule is CN(c1cc(Cl)ccc1C(N)=NO)C1CCSC1. The number of hydrogen-bond donors (Lipinski definition) is 2. The second kappa shape index (κ2) is 5.71. The van der Waals surface area contributed by atoms with Crippen molar-refractivity contribution in [3.63, 3.8) is 0 Å². The van der Waals surface area contributed by atoms with Gasteiger partial charge in [-0.1, -0.05) is 16.8 Å². The fourth-order valence-electron chi connectivity index (χ4n) is 2.09. The molecule has 0 spiro atoms. The molecule has 1 aliphatic rings. The molecular weight excluding hydrogens is 270 g/mol. The predicted molar refractivity (Wildman–Crippen MR) is 78.1 cm³/mol. The molecule has 98 valence electrons. The van der Waals surface area contributed by atoms with E-state index < -0.39 is 0 Å². The molecule has 2 rings (SSSR count). The molecular formula is C12H16ClN3OS. The summed E-state index contributed by atoms with van der Waals surface area (Å²) in [5, 5.41) is 12.6. The summed E-state index contributed by atoms with van der Waals surface area (Å²) in [6, 6.07) is 5.86. The minimum Gasteiger partial charge on any atom is -0.409 e. The van der Waals surface area contributed by atoms with Crippen LogP contribution in [0, 0.1) is 0 Å². The molecule has 4 nitrogen and oxygen atoms in total. The van der Waals surface area contributed by atoms with Gasteiger partial charge in [0.1, 0.15) is 0 Å². The quantitative estimate of drug-likeness (QED) is 0.387. The van der Waals surface area contributed by atoms with Gasteiger partial charge in [0.15, 0.2) is 5.84 Å². The molecule has 1 saturated heterocycles. The van der Waals surface area contributed by atoms with E-state index in [-0.39, 0.29) is 5.84 Å². The third kappa shape index (κ3) is 2.67. The summed E-state index contributed by atoms with van der Waals surface area (Å²) in [5.41, 5.74) is 7.32. The van der Waals surface area contributed by atoms with Crippen LogP contribution in [0.5, 0.6) is 0 Å². The minimum atomic E-state index is 0.110. The van der Waals surface area contributed by atoms with E-state index in [2.05, 4.69) is 10.1 Å². The van der Waals surface area contributed by atoms with Crippen LogP contribution >= 0.6 is 23.4 Å². The van der Waals surface area contributed by atoms with Crippen molar-refractivity contribution in [3.8, 4) is 0 Å². The Morgan fingerprint density at radius 1 is 1.61 bits per heavy atom. The number of halogens is 1. The van der Waals surface area contributed by atoms with Gasteiger partial charge in [-0.25, -0.2) is 0 Å². The lowest BCUT2D eigenvalue weighted by molar-refractivity contribution is 0.318. The van der Waals surface area contributed by atoms with Gasteiger partial charge in [0, 0.05) is 35.1 Å². The standard InChI is InChI=1S/C12H16ClN3OS/c1-16(9-4-5-18-7-9)11-6-8(13)2-3-10(11)12(14)15-17/h2-3,6,9,17H,4-5,7H2,1H3,(H2,14,15). The summed E-state index contributed by atoms with van der Waals surface area (Å²) in [5.74, 6) is 2.38. The Balaban J connectivity index is 2.37. The zero-order valence-electron chi connectivity index (χ0n) is 10.1. The van der Waals surface area contributed by atoms with Crippen LogP contribution < -0.4 is 10.6 Å². The third-order valence-electron chi connectivity index (χ3n) is 3.18. The highest BCUT2D eigenvalue weighted by molar-refractivity contribution is 7.99. The van der Waals surface area contributed by atoms with Gasteiger partial charge in [0.05, 0.1) is 0 Å². The number of hydrogen-bond acceptors (Lipinski definition) is 4. The summed E-state index contributed by atoms with van der Waals surface area (Å²) >= 11 is 7.98. The molecule has 0 bridgehead atoms. The summed E-state index contributed by atoms with van der Waals surface area (Å²) in [6.45, 7) is 0. The Bertz CT molecular complexity index is 461. The molecule has 1 unspecified atom stereocenters. The first-order chi connectivity index (χ1) is 8.63. The second-order valence-electron chi connectivity index (χ2n) is 4.28. The van der Waals surface area contributed by atoms with Gasteiger partial charge in [-0.05, 0) is 30.4 Å². The summed E-state index contributed by atoms with van der Waals surface area (Å²) in [6.07, 6.45) is 1.14. The van der Waals surface area contributed by atoms with Gasteiger partial charge in [-0.2, -0.15) is 11.8 Å². The summed E-state index contributed by atoms with van der Waals surface area (Å²) < 4.78 is 0. The van der Waals surface area contributed by atoms with Gasteiger partial charge in [-0.3, -0.25) is 0 Å². The lowest BCUT2D eigenvalue weighted by Crippen LogP contribution is -2.33. The van der Waals surface area contributed by atoms with Crippen molar-refractivity contribution in [2.45, 2.75) is 12.5 Å². The molecule has 0 amide bonds. The molecule has 0 saturated carbocycles. The largest absolute Gasteiger partial charge is 0.409 e. The van der Waals surface area contributed by atoms with Crippen molar-refractivity contribution in [3.05, 3.63) is 28.8 Å². The van der Waals surface area contributed by atoms with E-state index >= 15 is 0 Å². The van der Waals surface area contributed by atoms with Crippen molar-refractivity contribution >= 4 is 34.9 Å². The highest BCUT2D eigenvalue weighted by Gasteiger charge is 2.23. The molecule has 6 heteroatoms. The molecule has 0 aliphatic carbocycles. The van der Waals surface area contributed by atoms with E-state index in [1.54, 1.807) is 12.1 Å². The first-order valence-electron chi connectivity index (χ1n) is 5.71. The maximum absolute atomic E-state index is 8.84. The molecule has 3 N–H and O–H groups in total. The van der Waals surface area contributed by atoms with Crippen LogP contribution in [0.2, 0.25) is 5.02 Å².